The summed E-state index contributed by atoms with van der Waals surface area (Å²) in [6, 6.07) is 10.5. The third-order valence-corrected chi connectivity index (χ3v) is 3.03. The average molecular weight is 214 g/mol. The molecule has 1 unspecified atom stereocenters. The van der Waals surface area contributed by atoms with Crippen molar-refractivity contribution in [3.8, 4) is 0 Å². The van der Waals surface area contributed by atoms with Gasteiger partial charge in [-0.15, -0.1) is 0 Å². The fraction of sp³-hybridized carbons (Fsp3) is 0.357. The monoisotopic (exact) mass is 214 g/mol. The molecule has 2 heteroatoms. The van der Waals surface area contributed by atoms with E-state index in [1.165, 1.54) is 16.8 Å². The van der Waals surface area contributed by atoms with E-state index in [1.807, 2.05) is 11.7 Å². The molecule has 0 saturated carbocycles. The molecule has 0 radical (unpaired) electrons. The molecule has 2 aromatic rings. The van der Waals surface area contributed by atoms with Gasteiger partial charge in [-0.1, -0.05) is 44.2 Å². The Hall–Kier alpha value is -1.57. The van der Waals surface area contributed by atoms with Crippen LogP contribution in [0.15, 0.2) is 36.5 Å². The van der Waals surface area contributed by atoms with Crippen LogP contribution in [0.25, 0.3) is 0 Å². The zero-order chi connectivity index (χ0) is 11.5. The van der Waals surface area contributed by atoms with Crippen molar-refractivity contribution in [2.75, 3.05) is 0 Å². The van der Waals surface area contributed by atoms with Gasteiger partial charge in [0.05, 0.1) is 5.69 Å². The first kappa shape index (κ1) is 10.9. The predicted molar refractivity (Wildman–Crippen MR) is 66.5 cm³/mol. The second-order valence-electron chi connectivity index (χ2n) is 4.20. The highest BCUT2D eigenvalue weighted by Crippen LogP contribution is 2.25. The first-order valence-electron chi connectivity index (χ1n) is 5.79. The number of aryl methyl sites for hydroxylation is 2. The lowest BCUT2D eigenvalue weighted by atomic mass is 9.95. The van der Waals surface area contributed by atoms with E-state index in [2.05, 4.69) is 55.5 Å². The lowest BCUT2D eigenvalue weighted by molar-refractivity contribution is 0.725. The van der Waals surface area contributed by atoms with Gasteiger partial charge >= 0.3 is 0 Å². The first-order valence-corrected chi connectivity index (χ1v) is 5.79. The Morgan fingerprint density at radius 2 is 1.94 bits per heavy atom. The quantitative estimate of drug-likeness (QED) is 0.767. The maximum absolute atomic E-state index is 4.57. The minimum Gasteiger partial charge on any atom is -0.275 e. The van der Waals surface area contributed by atoms with Crippen LogP contribution in [-0.4, -0.2) is 9.78 Å². The second kappa shape index (κ2) is 4.52. The van der Waals surface area contributed by atoms with Crippen LogP contribution < -0.4 is 0 Å². The van der Waals surface area contributed by atoms with E-state index < -0.39 is 0 Å². The van der Waals surface area contributed by atoms with Crippen LogP contribution in [0.5, 0.6) is 0 Å². The Bertz CT molecular complexity index is 457. The van der Waals surface area contributed by atoms with Crippen LogP contribution in [0, 0.1) is 0 Å². The van der Waals surface area contributed by atoms with E-state index in [1.54, 1.807) is 0 Å². The minimum atomic E-state index is 0.373. The molecule has 0 saturated heterocycles. The summed E-state index contributed by atoms with van der Waals surface area (Å²) in [5.74, 6) is 0.373. The summed E-state index contributed by atoms with van der Waals surface area (Å²) < 4.78 is 1.91. The Morgan fingerprint density at radius 1 is 1.25 bits per heavy atom. The molecule has 0 aliphatic rings. The normalized spacial score (nSPS) is 12.7. The zero-order valence-electron chi connectivity index (χ0n) is 10.1. The van der Waals surface area contributed by atoms with Gasteiger partial charge in [-0.3, -0.25) is 4.68 Å². The van der Waals surface area contributed by atoms with Gasteiger partial charge in [-0.25, -0.2) is 0 Å². The third kappa shape index (κ3) is 2.01. The lowest BCUT2D eigenvalue weighted by Gasteiger charge is -2.10. The summed E-state index contributed by atoms with van der Waals surface area (Å²) in [5, 5.41) is 4.57. The molecular weight excluding hydrogens is 196 g/mol. The first-order chi connectivity index (χ1) is 7.72. The molecule has 0 fully saturated rings. The molecule has 0 N–H and O–H groups in total. The maximum atomic E-state index is 4.57. The molecule has 0 spiro atoms. The molecule has 2 nitrogen and oxygen atoms in total. The fourth-order valence-corrected chi connectivity index (χ4v) is 2.09. The predicted octanol–water partition coefficient (Wildman–Crippen LogP) is 3.13. The molecule has 0 aliphatic heterocycles. The van der Waals surface area contributed by atoms with E-state index in [0.717, 1.165) is 6.42 Å². The molecule has 1 atom stereocenters. The van der Waals surface area contributed by atoms with Gasteiger partial charge < -0.3 is 0 Å². The standard InChI is InChI=1S/C14H18N2/c1-4-12-10-16(3)15-14(12)11(2)13-8-6-5-7-9-13/h5-11H,4H2,1-3H3. The summed E-state index contributed by atoms with van der Waals surface area (Å²) >= 11 is 0. The van der Waals surface area contributed by atoms with Crippen LogP contribution in [0.2, 0.25) is 0 Å². The SMILES string of the molecule is CCc1cn(C)nc1C(C)c1ccccc1. The van der Waals surface area contributed by atoms with Crippen molar-refractivity contribution in [2.24, 2.45) is 7.05 Å². The Balaban J connectivity index is 2.37. The van der Waals surface area contributed by atoms with E-state index in [9.17, 15) is 0 Å². The Labute approximate surface area is 96.9 Å². The van der Waals surface area contributed by atoms with Crippen LogP contribution in [0.4, 0.5) is 0 Å². The van der Waals surface area contributed by atoms with E-state index in [-0.39, 0.29) is 0 Å². The second-order valence-corrected chi connectivity index (χ2v) is 4.20. The molecule has 84 valence electrons. The van der Waals surface area contributed by atoms with Crippen molar-refractivity contribution in [3.63, 3.8) is 0 Å². The van der Waals surface area contributed by atoms with Gasteiger partial charge in [-0.2, -0.15) is 5.10 Å². The van der Waals surface area contributed by atoms with E-state index in [4.69, 9.17) is 0 Å². The largest absolute Gasteiger partial charge is 0.275 e. The van der Waals surface area contributed by atoms with Crippen molar-refractivity contribution in [3.05, 3.63) is 53.3 Å². The van der Waals surface area contributed by atoms with Crippen LogP contribution in [0.1, 0.15) is 36.6 Å². The lowest BCUT2D eigenvalue weighted by Crippen LogP contribution is -2.00. The summed E-state index contributed by atoms with van der Waals surface area (Å²) in [4.78, 5) is 0. The smallest absolute Gasteiger partial charge is 0.0728 e. The molecule has 0 amide bonds. The van der Waals surface area contributed by atoms with Gasteiger partial charge in [-0.05, 0) is 17.5 Å². The highest BCUT2D eigenvalue weighted by Gasteiger charge is 2.15. The Morgan fingerprint density at radius 3 is 2.56 bits per heavy atom. The van der Waals surface area contributed by atoms with Gasteiger partial charge in [0.2, 0.25) is 0 Å². The van der Waals surface area contributed by atoms with Gasteiger partial charge in [0, 0.05) is 19.2 Å². The molecule has 2 rings (SSSR count). The highest BCUT2D eigenvalue weighted by molar-refractivity contribution is 5.31. The number of nitrogens with zero attached hydrogens (tertiary/aromatic N) is 2. The van der Waals surface area contributed by atoms with E-state index in [0.29, 0.717) is 5.92 Å². The van der Waals surface area contributed by atoms with Gasteiger partial charge in [0.25, 0.3) is 0 Å². The fourth-order valence-electron chi connectivity index (χ4n) is 2.09. The summed E-state index contributed by atoms with van der Waals surface area (Å²) in [5.41, 5.74) is 3.88. The van der Waals surface area contributed by atoms with Crippen LogP contribution in [0.3, 0.4) is 0 Å². The number of rotatable bonds is 3. The number of aromatic nitrogens is 2. The summed E-state index contributed by atoms with van der Waals surface area (Å²) in [6.07, 6.45) is 3.16. The van der Waals surface area contributed by atoms with Crippen molar-refractivity contribution in [2.45, 2.75) is 26.2 Å². The molecule has 16 heavy (non-hydrogen) atoms. The molecule has 0 bridgehead atoms. The number of hydrogen-bond donors (Lipinski definition) is 0. The zero-order valence-corrected chi connectivity index (χ0v) is 10.1. The summed E-state index contributed by atoms with van der Waals surface area (Å²) in [6.45, 7) is 4.40. The number of hydrogen-bond acceptors (Lipinski definition) is 1. The molecule has 0 aliphatic carbocycles. The van der Waals surface area contributed by atoms with Gasteiger partial charge in [0.1, 0.15) is 0 Å². The average Bonchev–Trinajstić information content (AvgIpc) is 2.70. The van der Waals surface area contributed by atoms with Crippen molar-refractivity contribution < 1.29 is 0 Å². The highest BCUT2D eigenvalue weighted by atomic mass is 15.3. The molecule has 1 heterocycles. The van der Waals surface area contributed by atoms with Crippen LogP contribution in [-0.2, 0) is 13.5 Å². The minimum absolute atomic E-state index is 0.373. The number of benzene rings is 1. The summed E-state index contributed by atoms with van der Waals surface area (Å²) in [7, 11) is 1.99. The van der Waals surface area contributed by atoms with Crippen LogP contribution >= 0.6 is 0 Å². The molecule has 1 aromatic carbocycles. The molecular formula is C14H18N2. The Kier molecular flexibility index (Phi) is 3.09. The van der Waals surface area contributed by atoms with E-state index >= 15 is 0 Å². The van der Waals surface area contributed by atoms with Crippen molar-refractivity contribution in [1.82, 2.24) is 9.78 Å². The topological polar surface area (TPSA) is 17.8 Å². The maximum Gasteiger partial charge on any atom is 0.0728 e. The molecule has 1 aromatic heterocycles. The van der Waals surface area contributed by atoms with Gasteiger partial charge in [0.15, 0.2) is 0 Å². The van der Waals surface area contributed by atoms with Crippen molar-refractivity contribution >= 4 is 0 Å². The third-order valence-electron chi connectivity index (χ3n) is 3.03. The van der Waals surface area contributed by atoms with Crippen molar-refractivity contribution in [1.29, 1.82) is 0 Å².